The molecule has 0 fully saturated rings. The van der Waals surface area contributed by atoms with Gasteiger partial charge in [0.05, 0.1) is 20.6 Å². The van der Waals surface area contributed by atoms with E-state index >= 15 is 0 Å². The van der Waals surface area contributed by atoms with Gasteiger partial charge in [0.15, 0.2) is 0 Å². The van der Waals surface area contributed by atoms with Crippen LogP contribution in [0.3, 0.4) is 0 Å². The average Bonchev–Trinajstić information content (AvgIpc) is 3.00. The normalized spacial score (nSPS) is 12.3. The predicted octanol–water partition coefficient (Wildman–Crippen LogP) is 8.05. The summed E-state index contributed by atoms with van der Waals surface area (Å²) in [5.41, 5.74) is 0.547. The van der Waals surface area contributed by atoms with Gasteiger partial charge < -0.3 is 10.2 Å². The van der Waals surface area contributed by atoms with Crippen molar-refractivity contribution < 1.29 is 18.0 Å². The summed E-state index contributed by atoms with van der Waals surface area (Å²) in [4.78, 5) is 29.9. The molecule has 1 N–H and O–H groups in total. The van der Waals surface area contributed by atoms with Crippen molar-refractivity contribution in [3.05, 3.63) is 128 Å². The third-order valence-corrected chi connectivity index (χ3v) is 10.3. The van der Waals surface area contributed by atoms with Gasteiger partial charge in [0.2, 0.25) is 11.8 Å². The van der Waals surface area contributed by atoms with Crippen LogP contribution in [0.5, 0.6) is 0 Å². The van der Waals surface area contributed by atoms with Crippen LogP contribution < -0.4 is 9.62 Å². The highest BCUT2D eigenvalue weighted by Gasteiger charge is 2.36. The van der Waals surface area contributed by atoms with Crippen molar-refractivity contribution in [2.24, 2.45) is 0 Å². The number of rotatable bonds is 11. The summed E-state index contributed by atoms with van der Waals surface area (Å²) < 4.78 is 29.2. The number of hydrogen-bond acceptors (Lipinski definition) is 4. The van der Waals surface area contributed by atoms with Gasteiger partial charge in [-0.3, -0.25) is 13.9 Å². The van der Waals surface area contributed by atoms with Crippen LogP contribution in [0.4, 0.5) is 5.69 Å². The van der Waals surface area contributed by atoms with Crippen molar-refractivity contribution in [1.29, 1.82) is 0 Å². The summed E-state index contributed by atoms with van der Waals surface area (Å²) in [7, 11) is -4.35. The van der Waals surface area contributed by atoms with E-state index in [1.54, 1.807) is 36.4 Å². The Labute approximate surface area is 290 Å². The topological polar surface area (TPSA) is 86.8 Å². The van der Waals surface area contributed by atoms with Gasteiger partial charge in [0, 0.05) is 34.1 Å². The minimum atomic E-state index is -4.35. The molecular formula is C34H33Cl4N3O4S. The van der Waals surface area contributed by atoms with Crippen LogP contribution in [0.1, 0.15) is 31.9 Å². The van der Waals surface area contributed by atoms with E-state index in [0.717, 1.165) is 9.87 Å². The van der Waals surface area contributed by atoms with Gasteiger partial charge in [-0.1, -0.05) is 107 Å². The second kappa shape index (κ2) is 15.1. The van der Waals surface area contributed by atoms with E-state index < -0.39 is 40.0 Å². The largest absolute Gasteiger partial charge is 0.350 e. The van der Waals surface area contributed by atoms with Crippen molar-refractivity contribution in [3.63, 3.8) is 0 Å². The molecule has 12 heteroatoms. The molecule has 0 aromatic heterocycles. The van der Waals surface area contributed by atoms with Crippen molar-refractivity contribution in [3.8, 4) is 0 Å². The number of nitrogens with one attached hydrogen (secondary N) is 1. The van der Waals surface area contributed by atoms with E-state index in [0.29, 0.717) is 5.56 Å². The molecule has 242 valence electrons. The Hall–Kier alpha value is -3.27. The Morgan fingerprint density at radius 1 is 0.761 bits per heavy atom. The highest BCUT2D eigenvalue weighted by atomic mass is 35.5. The van der Waals surface area contributed by atoms with Crippen LogP contribution in [-0.4, -0.2) is 43.3 Å². The highest BCUT2D eigenvalue weighted by Crippen LogP contribution is 2.36. The number of benzene rings is 4. The minimum Gasteiger partial charge on any atom is -0.350 e. The highest BCUT2D eigenvalue weighted by molar-refractivity contribution is 7.92. The molecule has 0 aliphatic heterocycles. The van der Waals surface area contributed by atoms with E-state index in [-0.39, 0.29) is 43.6 Å². The Morgan fingerprint density at radius 2 is 1.30 bits per heavy atom. The van der Waals surface area contributed by atoms with E-state index in [2.05, 4.69) is 5.32 Å². The van der Waals surface area contributed by atoms with Crippen molar-refractivity contribution in [2.45, 2.75) is 50.2 Å². The zero-order valence-electron chi connectivity index (χ0n) is 25.4. The minimum absolute atomic E-state index is 0.000785. The Morgan fingerprint density at radius 3 is 1.89 bits per heavy atom. The molecule has 1 atom stereocenters. The quantitative estimate of drug-likeness (QED) is 0.170. The number of halogens is 4. The van der Waals surface area contributed by atoms with Gasteiger partial charge in [-0.2, -0.15) is 0 Å². The molecule has 0 saturated carbocycles. The SMILES string of the molecule is CC(C)(C)NC(=O)[C@H](Cc1ccccc1)N(Cc1c(Cl)cccc1Cl)C(=O)CN(c1cccc(Cl)c1Cl)S(=O)(=O)c1ccccc1. The number of amides is 2. The van der Waals surface area contributed by atoms with Crippen LogP contribution in [0.25, 0.3) is 0 Å². The second-order valence-electron chi connectivity index (χ2n) is 11.6. The number of carbonyl (C=O) groups excluding carboxylic acids is 2. The zero-order chi connectivity index (χ0) is 33.6. The molecule has 0 radical (unpaired) electrons. The van der Waals surface area contributed by atoms with Crippen molar-refractivity contribution in [1.82, 2.24) is 10.2 Å². The van der Waals surface area contributed by atoms with E-state index in [1.165, 1.54) is 35.2 Å². The third kappa shape index (κ3) is 8.75. The maximum Gasteiger partial charge on any atom is 0.264 e. The first-order chi connectivity index (χ1) is 21.7. The first-order valence-electron chi connectivity index (χ1n) is 14.3. The molecule has 4 aromatic carbocycles. The summed E-state index contributed by atoms with van der Waals surface area (Å²) in [5.74, 6) is -1.14. The summed E-state index contributed by atoms with van der Waals surface area (Å²) in [6.07, 6.45) is 0.125. The number of sulfonamides is 1. The van der Waals surface area contributed by atoms with Crippen LogP contribution in [0.2, 0.25) is 20.1 Å². The molecule has 0 spiro atoms. The molecule has 0 saturated heterocycles. The molecule has 46 heavy (non-hydrogen) atoms. The fourth-order valence-corrected chi connectivity index (χ4v) is 7.19. The lowest BCUT2D eigenvalue weighted by Gasteiger charge is -2.35. The van der Waals surface area contributed by atoms with Crippen molar-refractivity contribution >= 4 is 73.9 Å². The predicted molar refractivity (Wildman–Crippen MR) is 186 cm³/mol. The fraction of sp³-hybridized carbons (Fsp3) is 0.235. The standard InChI is InChI=1S/C34H33Cl4N3O4S/c1-34(2,3)39-33(43)30(20-23-12-6-4-7-13-23)40(21-25-26(35)16-10-17-27(25)36)31(42)22-41(29-19-11-18-28(37)32(29)38)46(44,45)24-14-8-5-9-15-24/h4-19,30H,20-22H2,1-3H3,(H,39,43)/t30-/m0/s1. The van der Waals surface area contributed by atoms with E-state index in [9.17, 15) is 18.0 Å². The third-order valence-electron chi connectivity index (χ3n) is 6.97. The summed E-state index contributed by atoms with van der Waals surface area (Å²) in [6, 6.07) is 25.2. The van der Waals surface area contributed by atoms with E-state index in [1.807, 2.05) is 51.1 Å². The molecular weight excluding hydrogens is 688 g/mol. The first kappa shape index (κ1) is 35.6. The molecule has 0 bridgehead atoms. The summed E-state index contributed by atoms with van der Waals surface area (Å²) in [5, 5.41) is 3.60. The average molecular weight is 722 g/mol. The van der Waals surface area contributed by atoms with Gasteiger partial charge in [0.1, 0.15) is 12.6 Å². The van der Waals surface area contributed by atoms with Crippen LogP contribution >= 0.6 is 46.4 Å². The van der Waals surface area contributed by atoms with Crippen LogP contribution in [0.15, 0.2) is 102 Å². The Bertz CT molecular complexity index is 1780. The second-order valence-corrected chi connectivity index (χ2v) is 15.0. The maximum atomic E-state index is 14.6. The number of carbonyl (C=O) groups is 2. The molecule has 0 aliphatic carbocycles. The molecule has 4 aromatic rings. The van der Waals surface area contributed by atoms with Gasteiger partial charge in [0.25, 0.3) is 10.0 Å². The molecule has 7 nitrogen and oxygen atoms in total. The number of hydrogen-bond donors (Lipinski definition) is 1. The Balaban J connectivity index is 1.88. The van der Waals surface area contributed by atoms with Crippen LogP contribution in [0, 0.1) is 0 Å². The lowest BCUT2D eigenvalue weighted by atomic mass is 10.0. The lowest BCUT2D eigenvalue weighted by molar-refractivity contribution is -0.140. The fourth-order valence-electron chi connectivity index (χ4n) is 4.78. The molecule has 0 unspecified atom stereocenters. The van der Waals surface area contributed by atoms with Crippen molar-refractivity contribution in [2.75, 3.05) is 10.8 Å². The van der Waals surface area contributed by atoms with Gasteiger partial charge in [-0.25, -0.2) is 8.42 Å². The monoisotopic (exact) mass is 719 g/mol. The summed E-state index contributed by atoms with van der Waals surface area (Å²) in [6.45, 7) is 4.59. The summed E-state index contributed by atoms with van der Waals surface area (Å²) >= 11 is 26.0. The van der Waals surface area contributed by atoms with Crippen LogP contribution in [-0.2, 0) is 32.6 Å². The molecule has 4 rings (SSSR count). The van der Waals surface area contributed by atoms with Gasteiger partial charge >= 0.3 is 0 Å². The van der Waals surface area contributed by atoms with Gasteiger partial charge in [-0.05, 0) is 62.7 Å². The molecule has 2 amide bonds. The lowest BCUT2D eigenvalue weighted by Crippen LogP contribution is -2.56. The number of anilines is 1. The van der Waals surface area contributed by atoms with Gasteiger partial charge in [-0.15, -0.1) is 0 Å². The number of nitrogens with zero attached hydrogens (tertiary/aromatic N) is 2. The Kier molecular flexibility index (Phi) is 11.7. The smallest absolute Gasteiger partial charge is 0.264 e. The molecule has 0 heterocycles. The zero-order valence-corrected chi connectivity index (χ0v) is 29.2. The first-order valence-corrected chi connectivity index (χ1v) is 17.2. The maximum absolute atomic E-state index is 14.6. The molecule has 0 aliphatic rings. The van der Waals surface area contributed by atoms with E-state index in [4.69, 9.17) is 46.4 Å².